The van der Waals surface area contributed by atoms with E-state index in [0.29, 0.717) is 11.9 Å². The van der Waals surface area contributed by atoms with Crippen LogP contribution in [0.15, 0.2) is 6.33 Å². The van der Waals surface area contributed by atoms with Gasteiger partial charge < -0.3 is 21.3 Å². The van der Waals surface area contributed by atoms with Crippen LogP contribution in [-0.2, 0) is 4.74 Å². The molecule has 0 saturated carbocycles. The Bertz CT molecular complexity index is 617. The number of ether oxygens (including phenoxy) is 1. The van der Waals surface area contributed by atoms with Crippen LogP contribution in [0.4, 0.5) is 10.2 Å². The van der Waals surface area contributed by atoms with Gasteiger partial charge in [0.25, 0.3) is 0 Å². The largest absolute Gasteiger partial charge is 0.394 e. The van der Waals surface area contributed by atoms with Crippen LogP contribution in [-0.4, -0.2) is 43.4 Å². The number of nitrogens with two attached hydrogens (primary N) is 2. The molecule has 3 heterocycles. The van der Waals surface area contributed by atoms with E-state index in [1.54, 1.807) is 4.57 Å². The Labute approximate surface area is 107 Å². The van der Waals surface area contributed by atoms with Gasteiger partial charge in [-0.1, -0.05) is 0 Å². The molecule has 102 valence electrons. The third kappa shape index (κ3) is 1.91. The minimum Gasteiger partial charge on any atom is -0.394 e. The number of imidazole rings is 1. The molecule has 2 aromatic rings. The lowest BCUT2D eigenvalue weighted by Gasteiger charge is -2.13. The molecule has 0 amide bonds. The highest BCUT2D eigenvalue weighted by molar-refractivity contribution is 5.81. The number of hydrogen-bond acceptors (Lipinski definition) is 7. The number of fused-ring (bicyclic) bond motifs is 1. The first-order valence-corrected chi connectivity index (χ1v) is 5.77. The van der Waals surface area contributed by atoms with Crippen LogP contribution in [0, 0.1) is 6.08 Å². The lowest BCUT2D eigenvalue weighted by molar-refractivity contribution is -0.0233. The SMILES string of the molecule is Nc1nc(F)nc2c1ncn2[C@H]1C[C@@H](N)[C@@H](CO)O1. The molecule has 3 atom stereocenters. The number of nitrogen functional groups attached to an aromatic ring is 1. The fourth-order valence-electron chi connectivity index (χ4n) is 2.22. The van der Waals surface area contributed by atoms with Gasteiger partial charge in [-0.05, 0) is 0 Å². The summed E-state index contributed by atoms with van der Waals surface area (Å²) in [5.41, 5.74) is 12.0. The first-order chi connectivity index (χ1) is 9.10. The highest BCUT2D eigenvalue weighted by Crippen LogP contribution is 2.30. The van der Waals surface area contributed by atoms with Crippen molar-refractivity contribution in [3.63, 3.8) is 0 Å². The first kappa shape index (κ1) is 12.2. The Kier molecular flexibility index (Phi) is 2.81. The lowest BCUT2D eigenvalue weighted by atomic mass is 10.1. The zero-order chi connectivity index (χ0) is 13.6. The average molecular weight is 268 g/mol. The van der Waals surface area contributed by atoms with Crippen molar-refractivity contribution in [1.29, 1.82) is 0 Å². The third-order valence-corrected chi connectivity index (χ3v) is 3.19. The molecule has 0 bridgehead atoms. The van der Waals surface area contributed by atoms with Crippen LogP contribution < -0.4 is 11.5 Å². The molecular formula is C10H13FN6O2. The number of aliphatic hydroxyl groups is 1. The van der Waals surface area contributed by atoms with Crippen LogP contribution in [0.1, 0.15) is 12.6 Å². The monoisotopic (exact) mass is 268 g/mol. The Balaban J connectivity index is 2.02. The van der Waals surface area contributed by atoms with Crippen molar-refractivity contribution in [1.82, 2.24) is 19.5 Å². The van der Waals surface area contributed by atoms with E-state index < -0.39 is 18.4 Å². The van der Waals surface area contributed by atoms with E-state index >= 15 is 0 Å². The lowest BCUT2D eigenvalue weighted by Crippen LogP contribution is -2.32. The van der Waals surface area contributed by atoms with Crippen LogP contribution in [0.2, 0.25) is 0 Å². The van der Waals surface area contributed by atoms with Crippen LogP contribution in [0.25, 0.3) is 11.2 Å². The fraction of sp³-hybridized carbons (Fsp3) is 0.500. The maximum atomic E-state index is 13.2. The summed E-state index contributed by atoms with van der Waals surface area (Å²) in [6.07, 6.45) is 0.0965. The van der Waals surface area contributed by atoms with Crippen molar-refractivity contribution in [3.8, 4) is 0 Å². The van der Waals surface area contributed by atoms with Gasteiger partial charge >= 0.3 is 6.08 Å². The molecule has 3 rings (SSSR count). The van der Waals surface area contributed by atoms with Gasteiger partial charge in [0.15, 0.2) is 17.0 Å². The van der Waals surface area contributed by atoms with E-state index in [9.17, 15) is 4.39 Å². The van der Waals surface area contributed by atoms with Gasteiger partial charge in [-0.3, -0.25) is 4.57 Å². The molecule has 5 N–H and O–H groups in total. The zero-order valence-electron chi connectivity index (χ0n) is 9.90. The first-order valence-electron chi connectivity index (χ1n) is 5.77. The van der Waals surface area contributed by atoms with Gasteiger partial charge in [-0.25, -0.2) is 4.98 Å². The van der Waals surface area contributed by atoms with Crippen LogP contribution >= 0.6 is 0 Å². The molecule has 9 heteroatoms. The number of hydrogen-bond donors (Lipinski definition) is 3. The van der Waals surface area contributed by atoms with Crippen molar-refractivity contribution in [2.75, 3.05) is 12.3 Å². The molecule has 1 aliphatic heterocycles. The number of rotatable bonds is 2. The van der Waals surface area contributed by atoms with Crippen molar-refractivity contribution in [2.45, 2.75) is 24.8 Å². The van der Waals surface area contributed by atoms with Gasteiger partial charge in [0, 0.05) is 12.5 Å². The molecule has 1 fully saturated rings. The van der Waals surface area contributed by atoms with E-state index in [-0.39, 0.29) is 24.1 Å². The summed E-state index contributed by atoms with van der Waals surface area (Å²) in [6.45, 7) is -0.171. The summed E-state index contributed by atoms with van der Waals surface area (Å²) in [7, 11) is 0. The number of nitrogens with zero attached hydrogens (tertiary/aromatic N) is 4. The zero-order valence-corrected chi connectivity index (χ0v) is 9.90. The van der Waals surface area contributed by atoms with E-state index in [4.69, 9.17) is 21.3 Å². The molecule has 1 saturated heterocycles. The number of halogens is 1. The minimum atomic E-state index is -0.923. The van der Waals surface area contributed by atoms with Crippen molar-refractivity contribution < 1.29 is 14.2 Å². The predicted octanol–water partition coefficient (Wildman–Crippen LogP) is -0.845. The van der Waals surface area contributed by atoms with Gasteiger partial charge in [0.2, 0.25) is 0 Å². The molecule has 19 heavy (non-hydrogen) atoms. The van der Waals surface area contributed by atoms with E-state index in [1.165, 1.54) is 6.33 Å². The maximum absolute atomic E-state index is 13.2. The second-order valence-corrected chi connectivity index (χ2v) is 4.41. The maximum Gasteiger partial charge on any atom is 0.312 e. The second kappa shape index (κ2) is 4.37. The Morgan fingerprint density at radius 3 is 3.00 bits per heavy atom. The Hall–Kier alpha value is -1.84. The summed E-state index contributed by atoms with van der Waals surface area (Å²) < 4.78 is 20.3. The van der Waals surface area contributed by atoms with Gasteiger partial charge in [-0.15, -0.1) is 0 Å². The fourth-order valence-corrected chi connectivity index (χ4v) is 2.22. The summed E-state index contributed by atoms with van der Waals surface area (Å²) in [6, 6.07) is -0.295. The molecule has 2 aromatic heterocycles. The van der Waals surface area contributed by atoms with E-state index in [1.807, 2.05) is 0 Å². The Morgan fingerprint density at radius 2 is 2.32 bits per heavy atom. The molecule has 0 radical (unpaired) electrons. The molecule has 8 nitrogen and oxygen atoms in total. The predicted molar refractivity (Wildman–Crippen MR) is 63.3 cm³/mol. The van der Waals surface area contributed by atoms with Gasteiger partial charge in [-0.2, -0.15) is 14.4 Å². The quantitative estimate of drug-likeness (QED) is 0.606. The summed E-state index contributed by atoms with van der Waals surface area (Å²) in [5, 5.41) is 9.12. The number of aliphatic hydroxyl groups excluding tert-OH is 1. The molecule has 1 aliphatic rings. The molecular weight excluding hydrogens is 255 g/mol. The van der Waals surface area contributed by atoms with E-state index in [0.717, 1.165) is 0 Å². The number of anilines is 1. The van der Waals surface area contributed by atoms with Crippen molar-refractivity contribution in [2.24, 2.45) is 5.73 Å². The number of aromatic nitrogens is 4. The molecule has 0 aromatic carbocycles. The molecule has 0 unspecified atom stereocenters. The average Bonchev–Trinajstić information content (AvgIpc) is 2.92. The smallest absolute Gasteiger partial charge is 0.312 e. The topological polar surface area (TPSA) is 125 Å². The second-order valence-electron chi connectivity index (χ2n) is 4.41. The van der Waals surface area contributed by atoms with Crippen molar-refractivity contribution in [3.05, 3.63) is 12.4 Å². The van der Waals surface area contributed by atoms with E-state index in [2.05, 4.69) is 15.0 Å². The summed E-state index contributed by atoms with van der Waals surface area (Å²) in [5.74, 6) is -0.0257. The van der Waals surface area contributed by atoms with Crippen LogP contribution in [0.3, 0.4) is 0 Å². The highest BCUT2D eigenvalue weighted by Gasteiger charge is 2.34. The standard InChI is InChI=1S/C10H13FN6O2/c11-10-15-8(13)7-9(16-10)17(3-14-7)6-1-4(12)5(2-18)19-6/h3-6,18H,1-2,12H2,(H2,13,15,16)/t4-,5-,6-/m1/s1. The van der Waals surface area contributed by atoms with Crippen LogP contribution in [0.5, 0.6) is 0 Å². The molecule has 0 aliphatic carbocycles. The minimum absolute atomic E-state index is 0.0257. The van der Waals surface area contributed by atoms with Crippen molar-refractivity contribution >= 4 is 17.0 Å². The normalized spacial score (nSPS) is 27.2. The third-order valence-electron chi connectivity index (χ3n) is 3.19. The Morgan fingerprint density at radius 1 is 1.53 bits per heavy atom. The summed E-state index contributed by atoms with van der Waals surface area (Å²) in [4.78, 5) is 11.1. The molecule has 0 spiro atoms. The van der Waals surface area contributed by atoms with Gasteiger partial charge in [0.1, 0.15) is 6.23 Å². The van der Waals surface area contributed by atoms with Gasteiger partial charge in [0.05, 0.1) is 19.0 Å². The highest BCUT2D eigenvalue weighted by atomic mass is 19.1. The summed E-state index contributed by atoms with van der Waals surface area (Å²) >= 11 is 0.